The fraction of sp³-hybridized carbons (Fsp3) is 0.222. The molecule has 0 aliphatic heterocycles. The third kappa shape index (κ3) is 5.22. The molecule has 0 heterocycles. The molecule has 6 nitrogen and oxygen atoms in total. The summed E-state index contributed by atoms with van der Waals surface area (Å²) in [5, 5.41) is 3.98. The van der Waals surface area contributed by atoms with Crippen molar-refractivity contribution in [2.75, 3.05) is 21.3 Å². The summed E-state index contributed by atoms with van der Waals surface area (Å²) in [5.74, 6) is 1.33. The molecule has 2 rings (SSSR count). The van der Waals surface area contributed by atoms with E-state index in [0.29, 0.717) is 22.8 Å². The highest BCUT2D eigenvalue weighted by atomic mass is 79.9. The molecule has 0 spiro atoms. The Kier molecular flexibility index (Phi) is 6.82. The van der Waals surface area contributed by atoms with Crippen LogP contribution in [0.4, 0.5) is 0 Å². The first kappa shape index (κ1) is 18.8. The van der Waals surface area contributed by atoms with Crippen molar-refractivity contribution < 1.29 is 19.0 Å². The van der Waals surface area contributed by atoms with Crippen molar-refractivity contribution >= 4 is 28.1 Å². The molecule has 0 aromatic heterocycles. The van der Waals surface area contributed by atoms with Gasteiger partial charge in [-0.05, 0) is 29.8 Å². The van der Waals surface area contributed by atoms with E-state index in [4.69, 9.17) is 14.2 Å². The molecule has 2 aromatic rings. The minimum atomic E-state index is -0.203. The standard InChI is InChI=1S/C18H19BrN2O4/c1-23-15-8-13(9-16(24-2)18(15)25-3)11-20-21-17(22)10-12-4-6-14(19)7-5-12/h4-9,11H,10H2,1-3H3,(H,21,22). The van der Waals surface area contributed by atoms with Crippen LogP contribution in [-0.4, -0.2) is 33.5 Å². The summed E-state index contributed by atoms with van der Waals surface area (Å²) in [6.07, 6.45) is 1.77. The molecule has 1 amide bonds. The van der Waals surface area contributed by atoms with Gasteiger partial charge in [0, 0.05) is 10.0 Å². The van der Waals surface area contributed by atoms with E-state index in [2.05, 4.69) is 26.5 Å². The Morgan fingerprint density at radius 3 is 2.20 bits per heavy atom. The van der Waals surface area contributed by atoms with Crippen molar-refractivity contribution in [2.24, 2.45) is 5.10 Å². The Balaban J connectivity index is 2.03. The molecule has 7 heteroatoms. The van der Waals surface area contributed by atoms with Crippen molar-refractivity contribution in [3.63, 3.8) is 0 Å². The van der Waals surface area contributed by atoms with Gasteiger partial charge in [-0.25, -0.2) is 5.43 Å². The third-order valence-corrected chi connectivity index (χ3v) is 3.90. The molecule has 0 radical (unpaired) electrons. The molecule has 0 fully saturated rings. The molecule has 0 bridgehead atoms. The van der Waals surface area contributed by atoms with Gasteiger partial charge in [0.2, 0.25) is 11.7 Å². The van der Waals surface area contributed by atoms with Crippen molar-refractivity contribution in [2.45, 2.75) is 6.42 Å². The zero-order valence-electron chi connectivity index (χ0n) is 14.2. The molecular weight excluding hydrogens is 388 g/mol. The maximum absolute atomic E-state index is 11.9. The highest BCUT2D eigenvalue weighted by Crippen LogP contribution is 2.37. The topological polar surface area (TPSA) is 69.2 Å². The Labute approximate surface area is 154 Å². The number of benzene rings is 2. The van der Waals surface area contributed by atoms with Crippen LogP contribution in [0, 0.1) is 0 Å². The van der Waals surface area contributed by atoms with E-state index >= 15 is 0 Å². The third-order valence-electron chi connectivity index (χ3n) is 3.37. The first-order chi connectivity index (χ1) is 12.1. The summed E-state index contributed by atoms with van der Waals surface area (Å²) >= 11 is 3.36. The zero-order chi connectivity index (χ0) is 18.2. The lowest BCUT2D eigenvalue weighted by atomic mass is 10.1. The van der Waals surface area contributed by atoms with E-state index in [1.54, 1.807) is 12.1 Å². The average Bonchev–Trinajstić information content (AvgIpc) is 2.62. The summed E-state index contributed by atoms with van der Waals surface area (Å²) in [6.45, 7) is 0. The number of hydrogen-bond donors (Lipinski definition) is 1. The molecule has 0 aliphatic rings. The first-order valence-electron chi connectivity index (χ1n) is 7.43. The number of carbonyl (C=O) groups excluding carboxylic acids is 1. The molecule has 0 atom stereocenters. The van der Waals surface area contributed by atoms with E-state index in [-0.39, 0.29) is 12.3 Å². The summed E-state index contributed by atoms with van der Waals surface area (Å²) in [7, 11) is 4.62. The van der Waals surface area contributed by atoms with E-state index in [1.807, 2.05) is 24.3 Å². The van der Waals surface area contributed by atoms with Gasteiger partial charge in [0.05, 0.1) is 34.0 Å². The molecular formula is C18H19BrN2O4. The Morgan fingerprint density at radius 1 is 1.08 bits per heavy atom. The number of halogens is 1. The van der Waals surface area contributed by atoms with Gasteiger partial charge in [0.25, 0.3) is 0 Å². The van der Waals surface area contributed by atoms with Crippen LogP contribution in [-0.2, 0) is 11.2 Å². The lowest BCUT2D eigenvalue weighted by Gasteiger charge is -2.12. The highest BCUT2D eigenvalue weighted by molar-refractivity contribution is 9.10. The highest BCUT2D eigenvalue weighted by Gasteiger charge is 2.12. The molecule has 0 saturated heterocycles. The van der Waals surface area contributed by atoms with Gasteiger partial charge in [0.1, 0.15) is 0 Å². The van der Waals surface area contributed by atoms with Gasteiger partial charge >= 0.3 is 0 Å². The summed E-state index contributed by atoms with van der Waals surface area (Å²) in [5.41, 5.74) is 4.12. The minimum Gasteiger partial charge on any atom is -0.493 e. The fourth-order valence-electron chi connectivity index (χ4n) is 2.18. The molecule has 1 N–H and O–H groups in total. The first-order valence-corrected chi connectivity index (χ1v) is 8.23. The maximum atomic E-state index is 11.9. The van der Waals surface area contributed by atoms with Crippen molar-refractivity contribution in [1.82, 2.24) is 5.43 Å². The van der Waals surface area contributed by atoms with E-state index < -0.39 is 0 Å². The average molecular weight is 407 g/mol. The van der Waals surface area contributed by atoms with Gasteiger partial charge in [-0.15, -0.1) is 0 Å². The normalized spacial score (nSPS) is 10.6. The molecule has 0 unspecified atom stereocenters. The number of methoxy groups -OCH3 is 3. The summed E-state index contributed by atoms with van der Waals surface area (Å²) in [6, 6.07) is 11.0. The number of ether oxygens (including phenoxy) is 3. The van der Waals surface area contributed by atoms with E-state index in [9.17, 15) is 4.79 Å². The van der Waals surface area contributed by atoms with E-state index in [1.165, 1.54) is 27.5 Å². The number of nitrogens with zero attached hydrogens (tertiary/aromatic N) is 1. The smallest absolute Gasteiger partial charge is 0.244 e. The Bertz CT molecular complexity index is 735. The van der Waals surface area contributed by atoms with Crippen LogP contribution < -0.4 is 19.6 Å². The number of carbonyl (C=O) groups is 1. The van der Waals surface area contributed by atoms with Crippen molar-refractivity contribution in [3.8, 4) is 17.2 Å². The number of nitrogens with one attached hydrogen (secondary N) is 1. The van der Waals surface area contributed by atoms with Gasteiger partial charge < -0.3 is 14.2 Å². The molecule has 25 heavy (non-hydrogen) atoms. The lowest BCUT2D eigenvalue weighted by molar-refractivity contribution is -0.120. The fourth-order valence-corrected chi connectivity index (χ4v) is 2.45. The Morgan fingerprint density at radius 2 is 1.68 bits per heavy atom. The van der Waals surface area contributed by atoms with Crippen LogP contribution in [0.25, 0.3) is 0 Å². The molecule has 132 valence electrons. The second kappa shape index (κ2) is 9.08. The SMILES string of the molecule is COc1cc(C=NNC(=O)Cc2ccc(Br)cc2)cc(OC)c1OC. The van der Waals surface area contributed by atoms with Crippen LogP contribution in [0.2, 0.25) is 0 Å². The number of hydrogen-bond acceptors (Lipinski definition) is 5. The predicted octanol–water partition coefficient (Wildman–Crippen LogP) is 3.17. The van der Waals surface area contributed by atoms with Crippen LogP contribution in [0.15, 0.2) is 46.0 Å². The van der Waals surface area contributed by atoms with Gasteiger partial charge in [-0.3, -0.25) is 4.79 Å². The number of rotatable bonds is 7. The molecule has 0 aliphatic carbocycles. The molecule has 2 aromatic carbocycles. The van der Waals surface area contributed by atoms with Gasteiger partial charge in [-0.2, -0.15) is 5.10 Å². The van der Waals surface area contributed by atoms with Crippen molar-refractivity contribution in [3.05, 3.63) is 52.0 Å². The monoisotopic (exact) mass is 406 g/mol. The predicted molar refractivity (Wildman–Crippen MR) is 99.7 cm³/mol. The second-order valence-corrected chi connectivity index (χ2v) is 5.97. The van der Waals surface area contributed by atoms with Crippen molar-refractivity contribution in [1.29, 1.82) is 0 Å². The van der Waals surface area contributed by atoms with Crippen LogP contribution in [0.5, 0.6) is 17.2 Å². The van der Waals surface area contributed by atoms with Gasteiger partial charge in [-0.1, -0.05) is 28.1 Å². The summed E-state index contributed by atoms with van der Waals surface area (Å²) in [4.78, 5) is 11.9. The maximum Gasteiger partial charge on any atom is 0.244 e. The van der Waals surface area contributed by atoms with Crippen LogP contribution in [0.3, 0.4) is 0 Å². The molecule has 0 saturated carbocycles. The van der Waals surface area contributed by atoms with Crippen LogP contribution in [0.1, 0.15) is 11.1 Å². The van der Waals surface area contributed by atoms with Crippen LogP contribution >= 0.6 is 15.9 Å². The summed E-state index contributed by atoms with van der Waals surface area (Å²) < 4.78 is 16.8. The Hall–Kier alpha value is -2.54. The number of hydrazone groups is 1. The number of amides is 1. The van der Waals surface area contributed by atoms with E-state index in [0.717, 1.165) is 10.0 Å². The zero-order valence-corrected chi connectivity index (χ0v) is 15.8. The van der Waals surface area contributed by atoms with Gasteiger partial charge in [0.15, 0.2) is 11.5 Å². The quantitative estimate of drug-likeness (QED) is 0.566. The second-order valence-electron chi connectivity index (χ2n) is 5.06. The largest absolute Gasteiger partial charge is 0.493 e. The minimum absolute atomic E-state index is 0.203. The lowest BCUT2D eigenvalue weighted by Crippen LogP contribution is -2.19.